The standard InChI is InChI=1S/C38H52O4/c1-4-5-6-30-7-9-31(10-8-30)32-11-13-33(14-12-32)34-15-17-35(18-16-34)36-23-37(41-21-19-28(2)26-39)25-38(24-36)42-22-20-29(3)27-40/h4,15-18,23-25,30-33,39-40H,1-3,5-14,19-22,26-27H2. The van der Waals surface area contributed by atoms with Gasteiger partial charge in [-0.2, -0.15) is 0 Å². The molecule has 0 aromatic heterocycles. The van der Waals surface area contributed by atoms with Crippen LogP contribution in [0.1, 0.15) is 88.5 Å². The van der Waals surface area contributed by atoms with E-state index >= 15 is 0 Å². The van der Waals surface area contributed by atoms with Crippen molar-refractivity contribution in [2.75, 3.05) is 26.4 Å². The molecule has 2 N–H and O–H groups in total. The maximum atomic E-state index is 9.25. The fourth-order valence-electron chi connectivity index (χ4n) is 6.86. The van der Waals surface area contributed by atoms with E-state index in [4.69, 9.17) is 9.47 Å². The third kappa shape index (κ3) is 9.61. The minimum atomic E-state index is -0.0298. The highest BCUT2D eigenvalue weighted by Gasteiger charge is 2.31. The first-order valence-corrected chi connectivity index (χ1v) is 16.2. The maximum absolute atomic E-state index is 9.25. The molecule has 0 spiro atoms. The van der Waals surface area contributed by atoms with Crippen molar-refractivity contribution in [1.29, 1.82) is 0 Å². The van der Waals surface area contributed by atoms with Gasteiger partial charge in [-0.05, 0) is 115 Å². The Bertz CT molecular complexity index is 1090. The third-order valence-electron chi connectivity index (χ3n) is 9.60. The monoisotopic (exact) mass is 572 g/mol. The van der Waals surface area contributed by atoms with Gasteiger partial charge in [-0.3, -0.25) is 0 Å². The van der Waals surface area contributed by atoms with Crippen LogP contribution in [0.25, 0.3) is 11.1 Å². The summed E-state index contributed by atoms with van der Waals surface area (Å²) in [7, 11) is 0. The van der Waals surface area contributed by atoms with Gasteiger partial charge in [0.1, 0.15) is 11.5 Å². The Morgan fingerprint density at radius 2 is 1.24 bits per heavy atom. The van der Waals surface area contributed by atoms with Crippen LogP contribution in [0.2, 0.25) is 0 Å². The smallest absolute Gasteiger partial charge is 0.123 e. The molecular formula is C38H52O4. The summed E-state index contributed by atoms with van der Waals surface area (Å²) in [4.78, 5) is 0. The lowest BCUT2D eigenvalue weighted by Crippen LogP contribution is -2.25. The van der Waals surface area contributed by atoms with Gasteiger partial charge in [-0.1, -0.05) is 56.3 Å². The molecule has 0 aliphatic heterocycles. The molecule has 228 valence electrons. The lowest BCUT2D eigenvalue weighted by atomic mass is 9.68. The molecule has 0 unspecified atom stereocenters. The van der Waals surface area contributed by atoms with Gasteiger partial charge in [-0.15, -0.1) is 6.58 Å². The van der Waals surface area contributed by atoms with E-state index in [9.17, 15) is 10.2 Å². The third-order valence-corrected chi connectivity index (χ3v) is 9.60. The first-order valence-electron chi connectivity index (χ1n) is 16.2. The second-order valence-electron chi connectivity index (χ2n) is 12.6. The quantitative estimate of drug-likeness (QED) is 0.197. The molecule has 0 atom stereocenters. The number of ether oxygens (including phenoxy) is 2. The fraction of sp³-hybridized carbons (Fsp3) is 0.526. The SMILES string of the molecule is C=CCCC1CCC(C2CCC(c3ccc(-c4cc(OCCC(=C)CO)cc(OCCC(=C)CO)c4)cc3)CC2)CC1. The summed E-state index contributed by atoms with van der Waals surface area (Å²) in [5.41, 5.74) is 5.14. The molecule has 4 heteroatoms. The van der Waals surface area contributed by atoms with Crippen LogP contribution < -0.4 is 9.47 Å². The van der Waals surface area contributed by atoms with E-state index in [0.29, 0.717) is 32.0 Å². The molecule has 0 amide bonds. The number of benzene rings is 2. The van der Waals surface area contributed by atoms with Gasteiger partial charge in [0, 0.05) is 18.9 Å². The van der Waals surface area contributed by atoms with Crippen molar-refractivity contribution in [1.82, 2.24) is 0 Å². The van der Waals surface area contributed by atoms with Crippen LogP contribution in [0.15, 0.2) is 79.4 Å². The minimum absolute atomic E-state index is 0.0298. The first-order chi connectivity index (χ1) is 20.5. The molecule has 2 aromatic carbocycles. The number of aliphatic hydroxyl groups excluding tert-OH is 2. The Labute approximate surface area is 254 Å². The number of allylic oxidation sites excluding steroid dienone is 1. The zero-order chi connectivity index (χ0) is 29.7. The van der Waals surface area contributed by atoms with E-state index in [1.807, 2.05) is 18.2 Å². The second kappa shape index (κ2) is 16.7. The minimum Gasteiger partial charge on any atom is -0.493 e. The van der Waals surface area contributed by atoms with Crippen LogP contribution in [0, 0.1) is 17.8 Å². The van der Waals surface area contributed by atoms with E-state index < -0.39 is 0 Å². The lowest BCUT2D eigenvalue weighted by molar-refractivity contribution is 0.157. The van der Waals surface area contributed by atoms with Gasteiger partial charge < -0.3 is 19.7 Å². The average Bonchev–Trinajstić information content (AvgIpc) is 3.04. The molecule has 0 heterocycles. The van der Waals surface area contributed by atoms with Crippen molar-refractivity contribution in [2.24, 2.45) is 17.8 Å². The first kappa shape index (κ1) is 32.1. The molecule has 0 bridgehead atoms. The van der Waals surface area contributed by atoms with Gasteiger partial charge in [0.2, 0.25) is 0 Å². The Balaban J connectivity index is 1.35. The van der Waals surface area contributed by atoms with Crippen LogP contribution in [0.4, 0.5) is 0 Å². The Kier molecular flexibility index (Phi) is 12.8. The average molecular weight is 573 g/mol. The van der Waals surface area contributed by atoms with Crippen LogP contribution >= 0.6 is 0 Å². The van der Waals surface area contributed by atoms with Crippen molar-refractivity contribution in [3.63, 3.8) is 0 Å². The predicted molar refractivity (Wildman–Crippen MR) is 174 cm³/mol. The molecular weight excluding hydrogens is 520 g/mol. The number of hydrogen-bond donors (Lipinski definition) is 2. The van der Waals surface area contributed by atoms with Crippen molar-refractivity contribution in [3.8, 4) is 22.6 Å². The molecule has 42 heavy (non-hydrogen) atoms. The van der Waals surface area contributed by atoms with Crippen molar-refractivity contribution >= 4 is 0 Å². The van der Waals surface area contributed by atoms with Gasteiger partial charge in [0.05, 0.1) is 26.4 Å². The van der Waals surface area contributed by atoms with Gasteiger partial charge in [0.15, 0.2) is 0 Å². The highest BCUT2D eigenvalue weighted by molar-refractivity contribution is 5.67. The number of hydrogen-bond acceptors (Lipinski definition) is 4. The van der Waals surface area contributed by atoms with Gasteiger partial charge in [-0.25, -0.2) is 0 Å². The highest BCUT2D eigenvalue weighted by atomic mass is 16.5. The van der Waals surface area contributed by atoms with Crippen LogP contribution in [0.3, 0.4) is 0 Å². The van der Waals surface area contributed by atoms with Crippen molar-refractivity contribution in [2.45, 2.75) is 83.0 Å². The fourth-order valence-corrected chi connectivity index (χ4v) is 6.86. The number of rotatable bonds is 16. The van der Waals surface area contributed by atoms with E-state index in [-0.39, 0.29) is 13.2 Å². The van der Waals surface area contributed by atoms with Crippen LogP contribution in [0.5, 0.6) is 11.5 Å². The predicted octanol–water partition coefficient (Wildman–Crippen LogP) is 9.03. The largest absolute Gasteiger partial charge is 0.493 e. The summed E-state index contributed by atoms with van der Waals surface area (Å²) >= 11 is 0. The molecule has 2 aliphatic carbocycles. The summed E-state index contributed by atoms with van der Waals surface area (Å²) in [6.07, 6.45) is 16.9. The maximum Gasteiger partial charge on any atom is 0.123 e. The Hall–Kier alpha value is -2.82. The molecule has 2 aromatic rings. The summed E-state index contributed by atoms with van der Waals surface area (Å²) < 4.78 is 12.0. The van der Waals surface area contributed by atoms with Gasteiger partial charge in [0.25, 0.3) is 0 Å². The highest BCUT2D eigenvalue weighted by Crippen LogP contribution is 2.44. The zero-order valence-corrected chi connectivity index (χ0v) is 25.6. The summed E-state index contributed by atoms with van der Waals surface area (Å²) in [6.45, 7) is 12.4. The summed E-state index contributed by atoms with van der Waals surface area (Å²) in [5.74, 6) is 4.92. The van der Waals surface area contributed by atoms with Crippen molar-refractivity contribution < 1.29 is 19.7 Å². The molecule has 2 fully saturated rings. The second-order valence-corrected chi connectivity index (χ2v) is 12.6. The van der Waals surface area contributed by atoms with E-state index in [2.05, 4.69) is 50.1 Å². The molecule has 2 saturated carbocycles. The molecule has 4 rings (SSSR count). The molecule has 0 radical (unpaired) electrons. The van der Waals surface area contributed by atoms with E-state index in [0.717, 1.165) is 51.5 Å². The normalized spacial score (nSPS) is 22.3. The van der Waals surface area contributed by atoms with Crippen molar-refractivity contribution in [3.05, 3.63) is 85.0 Å². The molecule has 2 aliphatic rings. The molecule has 4 nitrogen and oxygen atoms in total. The Morgan fingerprint density at radius 3 is 1.74 bits per heavy atom. The van der Waals surface area contributed by atoms with Gasteiger partial charge >= 0.3 is 0 Å². The van der Waals surface area contributed by atoms with Crippen LogP contribution in [-0.2, 0) is 0 Å². The van der Waals surface area contributed by atoms with Crippen LogP contribution in [-0.4, -0.2) is 36.6 Å². The molecule has 0 saturated heterocycles. The lowest BCUT2D eigenvalue weighted by Gasteiger charge is -2.38. The summed E-state index contributed by atoms with van der Waals surface area (Å²) in [6, 6.07) is 15.1. The zero-order valence-electron chi connectivity index (χ0n) is 25.6. The van der Waals surface area contributed by atoms with E-state index in [1.54, 1.807) is 0 Å². The Morgan fingerprint density at radius 1 is 0.714 bits per heavy atom. The topological polar surface area (TPSA) is 58.9 Å². The summed E-state index contributed by atoms with van der Waals surface area (Å²) in [5, 5.41) is 18.5. The number of aliphatic hydroxyl groups is 2. The van der Waals surface area contributed by atoms with E-state index in [1.165, 1.54) is 69.8 Å².